The SMILES string of the molecule is C=C(C)OC(=O)NN(c1nc(C#N)ncc1Br)C1CCCCC1. The van der Waals surface area contributed by atoms with Crippen LogP contribution in [0.4, 0.5) is 10.6 Å². The molecule has 1 heterocycles. The summed E-state index contributed by atoms with van der Waals surface area (Å²) in [5.41, 5.74) is 2.71. The summed E-state index contributed by atoms with van der Waals surface area (Å²) in [5, 5.41) is 10.7. The van der Waals surface area contributed by atoms with Gasteiger partial charge in [0.25, 0.3) is 0 Å². The molecule has 1 aromatic heterocycles. The van der Waals surface area contributed by atoms with Crippen LogP contribution in [0.15, 0.2) is 23.0 Å². The number of anilines is 1. The second-order valence-electron chi connectivity index (χ2n) is 5.34. The van der Waals surface area contributed by atoms with Crippen LogP contribution in [0.25, 0.3) is 0 Å². The lowest BCUT2D eigenvalue weighted by Gasteiger charge is -2.35. The number of allylic oxidation sites excluding steroid dienone is 1. The van der Waals surface area contributed by atoms with Crippen LogP contribution in [-0.4, -0.2) is 22.1 Å². The highest BCUT2D eigenvalue weighted by Crippen LogP contribution is 2.29. The Morgan fingerprint density at radius 1 is 1.52 bits per heavy atom. The predicted octanol–water partition coefficient (Wildman–Crippen LogP) is 3.42. The molecule has 122 valence electrons. The standard InChI is InChI=1S/C15H18BrN5O2/c1-10(2)23-15(22)20-21(11-6-4-3-5-7-11)14-12(16)9-18-13(8-17)19-14/h9,11H,1,3-7H2,2H3,(H,20,22). The molecule has 1 fully saturated rings. The predicted molar refractivity (Wildman–Crippen MR) is 88.2 cm³/mol. The normalized spacial score (nSPS) is 14.7. The van der Waals surface area contributed by atoms with Crippen LogP contribution in [0.2, 0.25) is 0 Å². The molecule has 0 aliphatic heterocycles. The van der Waals surface area contributed by atoms with Crippen molar-refractivity contribution >= 4 is 27.8 Å². The molecule has 1 aromatic rings. The molecule has 8 heteroatoms. The molecular weight excluding hydrogens is 362 g/mol. The van der Waals surface area contributed by atoms with E-state index in [2.05, 4.69) is 37.9 Å². The third-order valence-corrected chi connectivity index (χ3v) is 4.03. The highest BCUT2D eigenvalue weighted by atomic mass is 79.9. The maximum atomic E-state index is 12.0. The van der Waals surface area contributed by atoms with Crippen LogP contribution in [-0.2, 0) is 4.74 Å². The zero-order chi connectivity index (χ0) is 16.8. The van der Waals surface area contributed by atoms with Gasteiger partial charge in [0.15, 0.2) is 5.82 Å². The fourth-order valence-corrected chi connectivity index (χ4v) is 2.90. The second kappa shape index (κ2) is 7.92. The fraction of sp³-hybridized carbons (Fsp3) is 0.467. The van der Waals surface area contributed by atoms with Crippen molar-refractivity contribution in [1.82, 2.24) is 15.4 Å². The van der Waals surface area contributed by atoms with Crippen LogP contribution >= 0.6 is 15.9 Å². The van der Waals surface area contributed by atoms with Crippen molar-refractivity contribution in [2.24, 2.45) is 0 Å². The minimum absolute atomic E-state index is 0.0408. The Bertz CT molecular complexity index is 637. The molecule has 1 aliphatic carbocycles. The highest BCUT2D eigenvalue weighted by molar-refractivity contribution is 9.10. The summed E-state index contributed by atoms with van der Waals surface area (Å²) in [6.45, 7) is 5.15. The largest absolute Gasteiger partial charge is 0.431 e. The van der Waals surface area contributed by atoms with Gasteiger partial charge in [-0.1, -0.05) is 25.8 Å². The molecule has 1 amide bonds. The average molecular weight is 380 g/mol. The molecule has 0 atom stereocenters. The van der Waals surface area contributed by atoms with Crippen molar-refractivity contribution in [3.8, 4) is 6.07 Å². The van der Waals surface area contributed by atoms with Crippen molar-refractivity contribution in [3.05, 3.63) is 28.8 Å². The quantitative estimate of drug-likeness (QED) is 0.636. The smallest absolute Gasteiger partial charge is 0.415 e. The van der Waals surface area contributed by atoms with E-state index in [1.807, 2.05) is 6.07 Å². The second-order valence-corrected chi connectivity index (χ2v) is 6.20. The minimum atomic E-state index is -0.632. The minimum Gasteiger partial charge on any atom is -0.415 e. The Kier molecular flexibility index (Phi) is 5.93. The van der Waals surface area contributed by atoms with E-state index in [9.17, 15) is 4.79 Å². The van der Waals surface area contributed by atoms with E-state index in [1.165, 1.54) is 12.6 Å². The van der Waals surface area contributed by atoms with Gasteiger partial charge >= 0.3 is 6.09 Å². The molecule has 7 nitrogen and oxygen atoms in total. The number of aromatic nitrogens is 2. The van der Waals surface area contributed by atoms with E-state index in [1.54, 1.807) is 11.9 Å². The van der Waals surface area contributed by atoms with E-state index in [0.717, 1.165) is 25.7 Å². The first-order valence-corrected chi connectivity index (χ1v) is 8.16. The number of hydrazine groups is 1. The van der Waals surface area contributed by atoms with Crippen LogP contribution in [0, 0.1) is 11.3 Å². The summed E-state index contributed by atoms with van der Waals surface area (Å²) < 4.78 is 5.57. The lowest BCUT2D eigenvalue weighted by molar-refractivity contribution is 0.172. The number of hydrogen-bond donors (Lipinski definition) is 1. The summed E-state index contributed by atoms with van der Waals surface area (Å²) in [5.74, 6) is 0.784. The summed E-state index contributed by atoms with van der Waals surface area (Å²) in [6, 6.07) is 1.99. The number of carbonyl (C=O) groups is 1. The average Bonchev–Trinajstić information content (AvgIpc) is 2.53. The Morgan fingerprint density at radius 2 is 2.22 bits per heavy atom. The number of ether oxygens (including phenoxy) is 1. The van der Waals surface area contributed by atoms with Gasteiger partial charge in [-0.25, -0.2) is 15.2 Å². The number of halogens is 1. The Labute approximate surface area is 143 Å². The third kappa shape index (κ3) is 4.66. The summed E-state index contributed by atoms with van der Waals surface area (Å²) >= 11 is 3.38. The monoisotopic (exact) mass is 379 g/mol. The molecule has 0 saturated heterocycles. The lowest BCUT2D eigenvalue weighted by Crippen LogP contribution is -2.50. The van der Waals surface area contributed by atoms with E-state index in [4.69, 9.17) is 10.00 Å². The summed E-state index contributed by atoms with van der Waals surface area (Å²) in [6.07, 6.45) is 6.04. The number of nitrogens with zero attached hydrogens (tertiary/aromatic N) is 4. The van der Waals surface area contributed by atoms with Crippen molar-refractivity contribution in [2.75, 3.05) is 5.01 Å². The molecule has 23 heavy (non-hydrogen) atoms. The van der Waals surface area contributed by atoms with Crippen LogP contribution < -0.4 is 10.4 Å². The number of rotatable bonds is 4. The number of nitriles is 1. The third-order valence-electron chi connectivity index (χ3n) is 3.47. The Morgan fingerprint density at radius 3 is 2.83 bits per heavy atom. The van der Waals surface area contributed by atoms with Crippen LogP contribution in [0.3, 0.4) is 0 Å². The first-order valence-electron chi connectivity index (χ1n) is 7.37. The van der Waals surface area contributed by atoms with Gasteiger partial charge in [-0.15, -0.1) is 0 Å². The number of amides is 1. The number of nitrogens with one attached hydrogen (secondary N) is 1. The maximum Gasteiger partial charge on any atom is 0.431 e. The Hall–Kier alpha value is -2.14. The van der Waals surface area contributed by atoms with Gasteiger partial charge in [-0.2, -0.15) is 10.2 Å². The molecule has 0 radical (unpaired) electrons. The van der Waals surface area contributed by atoms with Gasteiger partial charge in [-0.3, -0.25) is 5.01 Å². The fourth-order valence-electron chi connectivity index (χ4n) is 2.52. The Balaban J connectivity index is 2.30. The van der Waals surface area contributed by atoms with Gasteiger partial charge in [0.2, 0.25) is 5.82 Å². The van der Waals surface area contributed by atoms with E-state index < -0.39 is 6.09 Å². The van der Waals surface area contributed by atoms with Gasteiger partial charge in [0.05, 0.1) is 16.3 Å². The van der Waals surface area contributed by atoms with Crippen LogP contribution in [0.5, 0.6) is 0 Å². The van der Waals surface area contributed by atoms with E-state index in [0.29, 0.717) is 16.0 Å². The molecule has 0 aromatic carbocycles. The number of hydrogen-bond acceptors (Lipinski definition) is 6. The molecule has 0 unspecified atom stereocenters. The van der Waals surface area contributed by atoms with Crippen LogP contribution in [0.1, 0.15) is 44.9 Å². The lowest BCUT2D eigenvalue weighted by atomic mass is 9.95. The first kappa shape index (κ1) is 17.2. The molecule has 1 saturated carbocycles. The molecule has 0 bridgehead atoms. The van der Waals surface area contributed by atoms with Crippen molar-refractivity contribution in [3.63, 3.8) is 0 Å². The molecule has 0 spiro atoms. The van der Waals surface area contributed by atoms with Crippen molar-refractivity contribution in [2.45, 2.75) is 45.1 Å². The molecule has 1 aliphatic rings. The van der Waals surface area contributed by atoms with Gasteiger partial charge in [0, 0.05) is 6.20 Å². The highest BCUT2D eigenvalue weighted by Gasteiger charge is 2.27. The summed E-state index contributed by atoms with van der Waals surface area (Å²) in [7, 11) is 0. The molecular formula is C15H18BrN5O2. The first-order chi connectivity index (χ1) is 11.0. The van der Waals surface area contributed by atoms with Gasteiger partial charge < -0.3 is 4.74 Å². The zero-order valence-electron chi connectivity index (χ0n) is 12.9. The van der Waals surface area contributed by atoms with Crippen molar-refractivity contribution < 1.29 is 9.53 Å². The van der Waals surface area contributed by atoms with E-state index >= 15 is 0 Å². The maximum absolute atomic E-state index is 12.0. The van der Waals surface area contributed by atoms with Gasteiger partial charge in [0.1, 0.15) is 6.07 Å². The van der Waals surface area contributed by atoms with Gasteiger partial charge in [-0.05, 0) is 35.7 Å². The summed E-state index contributed by atoms with van der Waals surface area (Å²) in [4.78, 5) is 20.1. The zero-order valence-corrected chi connectivity index (χ0v) is 14.5. The van der Waals surface area contributed by atoms with E-state index in [-0.39, 0.29) is 11.9 Å². The van der Waals surface area contributed by atoms with Crippen molar-refractivity contribution in [1.29, 1.82) is 5.26 Å². The topological polar surface area (TPSA) is 91.1 Å². The molecule has 2 rings (SSSR count). The molecule has 1 N–H and O–H groups in total. The number of carbonyl (C=O) groups excluding carboxylic acids is 1.